The van der Waals surface area contributed by atoms with E-state index in [2.05, 4.69) is 18.3 Å². The minimum atomic E-state index is 0.259. The molecule has 0 saturated heterocycles. The van der Waals surface area contributed by atoms with Crippen molar-refractivity contribution >= 4 is 0 Å². The molecule has 2 N–H and O–H groups in total. The van der Waals surface area contributed by atoms with E-state index in [0.717, 1.165) is 37.3 Å². The van der Waals surface area contributed by atoms with E-state index in [-0.39, 0.29) is 6.61 Å². The molecule has 0 aliphatic carbocycles. The Morgan fingerprint density at radius 3 is 2.47 bits per heavy atom. The first-order valence-corrected chi connectivity index (χ1v) is 6.83. The van der Waals surface area contributed by atoms with Crippen molar-refractivity contribution in [2.75, 3.05) is 27.4 Å². The molecule has 0 bridgehead atoms. The molecule has 108 valence electrons. The molecule has 0 amide bonds. The zero-order valence-electron chi connectivity index (χ0n) is 12.1. The van der Waals surface area contributed by atoms with Crippen LogP contribution in [0, 0.1) is 0 Å². The van der Waals surface area contributed by atoms with Crippen molar-refractivity contribution in [2.45, 2.75) is 32.2 Å². The van der Waals surface area contributed by atoms with Crippen molar-refractivity contribution in [1.29, 1.82) is 0 Å². The normalized spacial score (nSPS) is 12.2. The first-order chi connectivity index (χ1) is 9.26. The molecule has 1 atom stereocenters. The third kappa shape index (κ3) is 4.73. The number of unbranched alkanes of at least 4 members (excludes halogenated alkanes) is 1. The summed E-state index contributed by atoms with van der Waals surface area (Å²) >= 11 is 0. The maximum atomic E-state index is 8.77. The van der Waals surface area contributed by atoms with Gasteiger partial charge in [0.1, 0.15) is 0 Å². The van der Waals surface area contributed by atoms with Crippen LogP contribution in [0.15, 0.2) is 18.2 Å². The Hall–Kier alpha value is -1.26. The monoisotopic (exact) mass is 267 g/mol. The highest BCUT2D eigenvalue weighted by Gasteiger charge is 2.11. The minimum Gasteiger partial charge on any atom is -0.493 e. The fourth-order valence-corrected chi connectivity index (χ4v) is 2.08. The van der Waals surface area contributed by atoms with E-state index in [4.69, 9.17) is 14.6 Å². The van der Waals surface area contributed by atoms with Gasteiger partial charge in [-0.25, -0.2) is 0 Å². The van der Waals surface area contributed by atoms with Crippen LogP contribution >= 0.6 is 0 Å². The molecule has 1 aromatic rings. The number of rotatable bonds is 9. The maximum absolute atomic E-state index is 8.77. The Labute approximate surface area is 115 Å². The number of hydrogen-bond donors (Lipinski definition) is 2. The van der Waals surface area contributed by atoms with Gasteiger partial charge in [-0.2, -0.15) is 0 Å². The second-order valence-corrected chi connectivity index (χ2v) is 4.46. The van der Waals surface area contributed by atoms with Gasteiger partial charge in [-0.05, 0) is 43.5 Å². The molecule has 0 aromatic heterocycles. The molecule has 0 saturated carbocycles. The number of benzene rings is 1. The van der Waals surface area contributed by atoms with Gasteiger partial charge in [0, 0.05) is 12.6 Å². The average Bonchev–Trinajstić information content (AvgIpc) is 2.46. The predicted octanol–water partition coefficient (Wildman–Crippen LogP) is 2.52. The number of methoxy groups -OCH3 is 2. The quantitative estimate of drug-likeness (QED) is 0.675. The topological polar surface area (TPSA) is 50.7 Å². The molecule has 1 unspecified atom stereocenters. The lowest BCUT2D eigenvalue weighted by atomic mass is 10.0. The molecule has 0 spiro atoms. The zero-order valence-corrected chi connectivity index (χ0v) is 12.1. The second-order valence-electron chi connectivity index (χ2n) is 4.46. The Morgan fingerprint density at radius 1 is 1.16 bits per heavy atom. The molecule has 0 heterocycles. The van der Waals surface area contributed by atoms with Gasteiger partial charge in [-0.15, -0.1) is 0 Å². The standard InChI is InChI=1S/C15H25NO3/c1-4-13(16-9-5-6-10-17)12-7-8-14(18-2)15(11-12)19-3/h7-8,11,13,16-17H,4-6,9-10H2,1-3H3. The molecule has 0 aliphatic heterocycles. The number of ether oxygens (including phenoxy) is 2. The second kappa shape index (κ2) is 8.77. The van der Waals surface area contributed by atoms with Crippen molar-refractivity contribution in [1.82, 2.24) is 5.32 Å². The molecule has 4 heteroatoms. The third-order valence-electron chi connectivity index (χ3n) is 3.19. The SMILES string of the molecule is CCC(NCCCCO)c1ccc(OC)c(OC)c1. The molecule has 1 aromatic carbocycles. The van der Waals surface area contributed by atoms with Gasteiger partial charge in [-0.3, -0.25) is 0 Å². The molecule has 0 fully saturated rings. The largest absolute Gasteiger partial charge is 0.493 e. The van der Waals surface area contributed by atoms with E-state index >= 15 is 0 Å². The van der Waals surface area contributed by atoms with Crippen LogP contribution in [0.3, 0.4) is 0 Å². The fraction of sp³-hybridized carbons (Fsp3) is 0.600. The Kier molecular flexibility index (Phi) is 7.30. The van der Waals surface area contributed by atoms with Gasteiger partial charge in [-0.1, -0.05) is 13.0 Å². The van der Waals surface area contributed by atoms with Crippen molar-refractivity contribution in [2.24, 2.45) is 0 Å². The van der Waals surface area contributed by atoms with Crippen LogP contribution in [0.5, 0.6) is 11.5 Å². The number of nitrogens with one attached hydrogen (secondary N) is 1. The summed E-state index contributed by atoms with van der Waals surface area (Å²) in [5, 5.41) is 12.3. The molecule has 19 heavy (non-hydrogen) atoms. The van der Waals surface area contributed by atoms with Gasteiger partial charge >= 0.3 is 0 Å². The van der Waals surface area contributed by atoms with Crippen LogP contribution in [-0.4, -0.2) is 32.5 Å². The Balaban J connectivity index is 2.69. The third-order valence-corrected chi connectivity index (χ3v) is 3.19. The zero-order chi connectivity index (χ0) is 14.1. The van der Waals surface area contributed by atoms with Gasteiger partial charge in [0.05, 0.1) is 14.2 Å². The summed E-state index contributed by atoms with van der Waals surface area (Å²) in [6, 6.07) is 6.32. The molecular formula is C15H25NO3. The van der Waals surface area contributed by atoms with Crippen molar-refractivity contribution in [3.8, 4) is 11.5 Å². The lowest BCUT2D eigenvalue weighted by Gasteiger charge is -2.19. The Morgan fingerprint density at radius 2 is 1.89 bits per heavy atom. The highest BCUT2D eigenvalue weighted by molar-refractivity contribution is 5.43. The lowest BCUT2D eigenvalue weighted by molar-refractivity contribution is 0.282. The smallest absolute Gasteiger partial charge is 0.161 e. The van der Waals surface area contributed by atoms with Gasteiger partial charge in [0.2, 0.25) is 0 Å². The van der Waals surface area contributed by atoms with E-state index in [1.807, 2.05) is 12.1 Å². The van der Waals surface area contributed by atoms with Crippen LogP contribution in [0.25, 0.3) is 0 Å². The molecule has 0 aliphatic rings. The highest BCUT2D eigenvalue weighted by atomic mass is 16.5. The van der Waals surface area contributed by atoms with Crippen molar-refractivity contribution in [3.05, 3.63) is 23.8 Å². The van der Waals surface area contributed by atoms with Crippen LogP contribution < -0.4 is 14.8 Å². The Bertz CT molecular complexity index is 368. The van der Waals surface area contributed by atoms with Gasteiger partial charge in [0.25, 0.3) is 0 Å². The first-order valence-electron chi connectivity index (χ1n) is 6.83. The van der Waals surface area contributed by atoms with Gasteiger partial charge < -0.3 is 19.9 Å². The number of hydrogen-bond acceptors (Lipinski definition) is 4. The average molecular weight is 267 g/mol. The molecule has 1 rings (SSSR count). The summed E-state index contributed by atoms with van der Waals surface area (Å²) in [4.78, 5) is 0. The molecule has 0 radical (unpaired) electrons. The minimum absolute atomic E-state index is 0.259. The lowest BCUT2D eigenvalue weighted by Crippen LogP contribution is -2.22. The highest BCUT2D eigenvalue weighted by Crippen LogP contribution is 2.30. The van der Waals surface area contributed by atoms with E-state index < -0.39 is 0 Å². The van der Waals surface area contributed by atoms with E-state index in [0.29, 0.717) is 6.04 Å². The van der Waals surface area contributed by atoms with E-state index in [1.54, 1.807) is 14.2 Å². The summed E-state index contributed by atoms with van der Waals surface area (Å²) in [7, 11) is 3.29. The van der Waals surface area contributed by atoms with Crippen molar-refractivity contribution < 1.29 is 14.6 Å². The molecule has 4 nitrogen and oxygen atoms in total. The van der Waals surface area contributed by atoms with Crippen LogP contribution in [-0.2, 0) is 0 Å². The summed E-state index contributed by atoms with van der Waals surface area (Å²) in [6.45, 7) is 3.32. The predicted molar refractivity (Wildman–Crippen MR) is 76.9 cm³/mol. The van der Waals surface area contributed by atoms with Crippen LogP contribution in [0.2, 0.25) is 0 Å². The fourth-order valence-electron chi connectivity index (χ4n) is 2.08. The summed E-state index contributed by atoms with van der Waals surface area (Å²) in [5.41, 5.74) is 1.20. The summed E-state index contributed by atoms with van der Waals surface area (Å²) in [5.74, 6) is 1.51. The summed E-state index contributed by atoms with van der Waals surface area (Å²) < 4.78 is 10.6. The van der Waals surface area contributed by atoms with Gasteiger partial charge in [0.15, 0.2) is 11.5 Å². The summed E-state index contributed by atoms with van der Waals surface area (Å²) in [6.07, 6.45) is 2.84. The number of aliphatic hydroxyl groups excluding tert-OH is 1. The van der Waals surface area contributed by atoms with Crippen molar-refractivity contribution in [3.63, 3.8) is 0 Å². The van der Waals surface area contributed by atoms with Crippen LogP contribution in [0.4, 0.5) is 0 Å². The maximum Gasteiger partial charge on any atom is 0.161 e. The molecular weight excluding hydrogens is 242 g/mol. The van der Waals surface area contributed by atoms with E-state index in [1.165, 1.54) is 5.56 Å². The van der Waals surface area contributed by atoms with E-state index in [9.17, 15) is 0 Å². The first kappa shape index (κ1) is 15.8. The van der Waals surface area contributed by atoms with Crippen LogP contribution in [0.1, 0.15) is 37.8 Å². The number of aliphatic hydroxyl groups is 1.